The Kier molecular flexibility index (Phi) is 4.95. The van der Waals surface area contributed by atoms with E-state index < -0.39 is 0 Å². The molecule has 1 aliphatic carbocycles. The molecule has 0 atom stereocenters. The van der Waals surface area contributed by atoms with Gasteiger partial charge in [-0.1, -0.05) is 0 Å². The van der Waals surface area contributed by atoms with Crippen LogP contribution >= 0.6 is 0 Å². The molecule has 2 aliphatic rings. The molecular weight excluding hydrogens is 470 g/mol. The number of rotatable bonds is 5. The van der Waals surface area contributed by atoms with Crippen molar-refractivity contribution >= 4 is 39.7 Å². The Labute approximate surface area is 210 Å². The molecule has 6 heterocycles. The molecule has 1 saturated heterocycles. The van der Waals surface area contributed by atoms with Crippen LogP contribution in [0.1, 0.15) is 36.0 Å². The molecule has 37 heavy (non-hydrogen) atoms. The highest BCUT2D eigenvalue weighted by atomic mass is 16.2. The molecule has 184 valence electrons. The molecule has 11 heteroatoms. The predicted molar refractivity (Wildman–Crippen MR) is 136 cm³/mol. The van der Waals surface area contributed by atoms with Gasteiger partial charge < -0.3 is 15.2 Å². The van der Waals surface area contributed by atoms with Crippen LogP contribution in [0.3, 0.4) is 0 Å². The number of aromatic amines is 2. The van der Waals surface area contributed by atoms with Crippen LogP contribution in [0.4, 0.5) is 5.69 Å². The Hall–Kier alpha value is -4.67. The first-order valence-electron chi connectivity index (χ1n) is 12.4. The van der Waals surface area contributed by atoms with E-state index in [9.17, 15) is 9.59 Å². The molecule has 11 nitrogen and oxygen atoms in total. The van der Waals surface area contributed by atoms with Crippen molar-refractivity contribution in [1.82, 2.24) is 40.0 Å². The number of hydrogen-bond acceptors (Lipinski definition) is 7. The SMILES string of the molecule is O=C(Nc1cncc(-c2cnc3[nH]nc(-c4nc5c(C(=O)N6CCCC6)ccnc5[nH]4)c3c2)c1)C1CC1. The van der Waals surface area contributed by atoms with Gasteiger partial charge in [0.1, 0.15) is 11.2 Å². The molecule has 0 unspecified atom stereocenters. The second kappa shape index (κ2) is 8.47. The van der Waals surface area contributed by atoms with E-state index in [0.717, 1.165) is 55.3 Å². The zero-order valence-electron chi connectivity index (χ0n) is 19.9. The molecule has 5 aromatic rings. The van der Waals surface area contributed by atoms with Crippen LogP contribution in [0, 0.1) is 5.92 Å². The lowest BCUT2D eigenvalue weighted by molar-refractivity contribution is -0.117. The molecule has 0 radical (unpaired) electrons. The standard InChI is InChI=1S/C26H23N9O2/c36-25(14-3-4-14)30-17-9-15(11-27-13-17)16-10-19-21(33-34-22(19)29-12-16)24-31-20-18(5-6-28-23(20)32-24)26(37)35-7-1-2-8-35/h5-6,9-14H,1-4,7-8H2,(H,30,36)(H,28,31,32)(H,29,33,34). The third-order valence-corrected chi connectivity index (χ3v) is 6.94. The molecule has 0 bridgehead atoms. The van der Waals surface area contributed by atoms with Crippen molar-refractivity contribution in [1.29, 1.82) is 0 Å². The summed E-state index contributed by atoms with van der Waals surface area (Å²) in [6.45, 7) is 1.53. The highest BCUT2D eigenvalue weighted by molar-refractivity contribution is 6.05. The van der Waals surface area contributed by atoms with Crippen LogP contribution in [0.5, 0.6) is 0 Å². The van der Waals surface area contributed by atoms with Gasteiger partial charge in [-0.05, 0) is 43.9 Å². The summed E-state index contributed by atoms with van der Waals surface area (Å²) in [5.41, 5.74) is 5.07. The number of hydrogen-bond donors (Lipinski definition) is 3. The lowest BCUT2D eigenvalue weighted by Gasteiger charge is -2.14. The maximum Gasteiger partial charge on any atom is 0.256 e. The van der Waals surface area contributed by atoms with E-state index in [2.05, 4.69) is 35.5 Å². The molecule has 7 rings (SSSR count). The highest BCUT2D eigenvalue weighted by Crippen LogP contribution is 2.32. The van der Waals surface area contributed by atoms with Crippen molar-refractivity contribution in [2.75, 3.05) is 18.4 Å². The van der Waals surface area contributed by atoms with Crippen molar-refractivity contribution in [2.45, 2.75) is 25.7 Å². The van der Waals surface area contributed by atoms with Gasteiger partial charge in [-0.2, -0.15) is 5.10 Å². The van der Waals surface area contributed by atoms with E-state index in [0.29, 0.717) is 39.6 Å². The maximum atomic E-state index is 13.1. The number of aromatic nitrogens is 7. The highest BCUT2D eigenvalue weighted by Gasteiger charge is 2.29. The molecule has 5 aromatic heterocycles. The van der Waals surface area contributed by atoms with Crippen LogP contribution in [0.2, 0.25) is 0 Å². The molecule has 2 amide bonds. The number of H-pyrrole nitrogens is 2. The van der Waals surface area contributed by atoms with Crippen molar-refractivity contribution in [3.63, 3.8) is 0 Å². The first-order valence-corrected chi connectivity index (χ1v) is 12.4. The summed E-state index contributed by atoms with van der Waals surface area (Å²) >= 11 is 0. The van der Waals surface area contributed by atoms with Gasteiger partial charge in [0.25, 0.3) is 5.91 Å². The van der Waals surface area contributed by atoms with Crippen LogP contribution in [-0.4, -0.2) is 64.9 Å². The average molecular weight is 494 g/mol. The number of amides is 2. The summed E-state index contributed by atoms with van der Waals surface area (Å²) in [6.07, 6.45) is 10.6. The molecule has 0 aromatic carbocycles. The van der Waals surface area contributed by atoms with Gasteiger partial charge in [0.15, 0.2) is 17.1 Å². The van der Waals surface area contributed by atoms with Gasteiger partial charge in [-0.25, -0.2) is 15.0 Å². The van der Waals surface area contributed by atoms with Crippen LogP contribution in [-0.2, 0) is 4.79 Å². The number of nitrogens with zero attached hydrogens (tertiary/aromatic N) is 6. The number of carbonyl (C=O) groups is 2. The minimum Gasteiger partial charge on any atom is -0.339 e. The molecule has 3 N–H and O–H groups in total. The Balaban J connectivity index is 1.25. The fourth-order valence-corrected chi connectivity index (χ4v) is 4.78. The summed E-state index contributed by atoms with van der Waals surface area (Å²) in [6, 6.07) is 5.57. The quantitative estimate of drug-likeness (QED) is 0.339. The summed E-state index contributed by atoms with van der Waals surface area (Å²) in [4.78, 5) is 48.3. The summed E-state index contributed by atoms with van der Waals surface area (Å²) < 4.78 is 0. The van der Waals surface area contributed by atoms with Gasteiger partial charge in [-0.15, -0.1) is 0 Å². The second-order valence-corrected chi connectivity index (χ2v) is 9.56. The number of carbonyl (C=O) groups excluding carboxylic acids is 2. The summed E-state index contributed by atoms with van der Waals surface area (Å²) in [7, 11) is 0. The zero-order valence-corrected chi connectivity index (χ0v) is 19.9. The predicted octanol–water partition coefficient (Wildman–Crippen LogP) is 3.54. The Morgan fingerprint density at radius 1 is 1.00 bits per heavy atom. The number of anilines is 1. The minimum absolute atomic E-state index is 0.0278. The van der Waals surface area contributed by atoms with Crippen molar-refractivity contribution in [3.8, 4) is 22.6 Å². The normalized spacial score (nSPS) is 15.5. The number of likely N-dealkylation sites (tertiary alicyclic amines) is 1. The lowest BCUT2D eigenvalue weighted by atomic mass is 10.1. The van der Waals surface area contributed by atoms with Crippen molar-refractivity contribution < 1.29 is 9.59 Å². The first kappa shape index (κ1) is 21.6. The van der Waals surface area contributed by atoms with Crippen LogP contribution < -0.4 is 5.32 Å². The lowest BCUT2D eigenvalue weighted by Crippen LogP contribution is -2.27. The third-order valence-electron chi connectivity index (χ3n) is 6.94. The van der Waals surface area contributed by atoms with E-state index in [1.54, 1.807) is 30.9 Å². The number of fused-ring (bicyclic) bond motifs is 2. The van der Waals surface area contributed by atoms with Crippen LogP contribution in [0.15, 0.2) is 43.0 Å². The van der Waals surface area contributed by atoms with Crippen molar-refractivity contribution in [3.05, 3.63) is 48.5 Å². The van der Waals surface area contributed by atoms with Gasteiger partial charge >= 0.3 is 0 Å². The smallest absolute Gasteiger partial charge is 0.256 e. The van der Waals surface area contributed by atoms with E-state index in [1.165, 1.54) is 0 Å². The average Bonchev–Trinajstić information content (AvgIpc) is 3.29. The molecule has 1 saturated carbocycles. The fourth-order valence-electron chi connectivity index (χ4n) is 4.78. The summed E-state index contributed by atoms with van der Waals surface area (Å²) in [5, 5.41) is 11.1. The number of nitrogens with one attached hydrogen (secondary N) is 3. The van der Waals surface area contributed by atoms with Gasteiger partial charge in [0.05, 0.1) is 22.8 Å². The Morgan fingerprint density at radius 3 is 2.68 bits per heavy atom. The molecule has 2 fully saturated rings. The topological polar surface area (TPSA) is 145 Å². The van der Waals surface area contributed by atoms with Gasteiger partial charge in [0.2, 0.25) is 5.91 Å². The largest absolute Gasteiger partial charge is 0.339 e. The Morgan fingerprint density at radius 2 is 1.84 bits per heavy atom. The second-order valence-electron chi connectivity index (χ2n) is 9.56. The van der Waals surface area contributed by atoms with E-state index >= 15 is 0 Å². The van der Waals surface area contributed by atoms with Crippen molar-refractivity contribution in [2.24, 2.45) is 5.92 Å². The van der Waals surface area contributed by atoms with Gasteiger partial charge in [-0.3, -0.25) is 19.7 Å². The molecular formula is C26H23N9O2. The maximum absolute atomic E-state index is 13.1. The van der Waals surface area contributed by atoms with E-state index in [4.69, 9.17) is 4.98 Å². The van der Waals surface area contributed by atoms with Gasteiger partial charge in [0, 0.05) is 48.7 Å². The molecule has 1 aliphatic heterocycles. The van der Waals surface area contributed by atoms with E-state index in [-0.39, 0.29) is 17.7 Å². The number of pyridine rings is 3. The summed E-state index contributed by atoms with van der Waals surface area (Å²) in [5.74, 6) is 0.614. The minimum atomic E-state index is -0.0278. The fraction of sp³-hybridized carbons (Fsp3) is 0.269. The monoisotopic (exact) mass is 493 g/mol. The molecule has 0 spiro atoms. The first-order chi connectivity index (χ1) is 18.1. The zero-order chi connectivity index (χ0) is 24.9. The number of imidazole rings is 1. The third kappa shape index (κ3) is 3.88. The van der Waals surface area contributed by atoms with E-state index in [1.807, 2.05) is 17.0 Å². The Bertz CT molecular complexity index is 1680. The van der Waals surface area contributed by atoms with Crippen LogP contribution in [0.25, 0.3) is 44.8 Å².